The number of nitrogens with two attached hydrogens (primary N) is 2. The van der Waals surface area contributed by atoms with Crippen LogP contribution in [0.5, 0.6) is 0 Å². The van der Waals surface area contributed by atoms with E-state index in [-0.39, 0.29) is 5.91 Å². The van der Waals surface area contributed by atoms with Gasteiger partial charge in [-0.25, -0.2) is 0 Å². The van der Waals surface area contributed by atoms with Crippen LogP contribution in [-0.4, -0.2) is 19.0 Å². The quantitative estimate of drug-likeness (QED) is 0.805. The Morgan fingerprint density at radius 3 is 2.72 bits per heavy atom. The van der Waals surface area contributed by atoms with Crippen molar-refractivity contribution in [3.63, 3.8) is 0 Å². The Labute approximate surface area is 112 Å². The molecule has 1 aliphatic rings. The van der Waals surface area contributed by atoms with Crippen LogP contribution in [0.3, 0.4) is 0 Å². The minimum absolute atomic E-state index is 0.246. The van der Waals surface area contributed by atoms with E-state index in [2.05, 4.69) is 4.90 Å². The monoisotopic (exact) mass is 267 g/mol. The first-order valence-corrected chi connectivity index (χ1v) is 6.32. The lowest BCUT2D eigenvalue weighted by molar-refractivity contribution is -0.125. The number of hydrogen-bond acceptors (Lipinski definition) is 3. The number of halogens is 1. The molecule has 1 atom stereocenters. The van der Waals surface area contributed by atoms with Crippen LogP contribution in [0.25, 0.3) is 0 Å². The highest BCUT2D eigenvalue weighted by Crippen LogP contribution is 2.36. The number of anilines is 2. The first kappa shape index (κ1) is 13.0. The molecule has 1 saturated heterocycles. The van der Waals surface area contributed by atoms with Crippen LogP contribution in [0.1, 0.15) is 18.9 Å². The van der Waals surface area contributed by atoms with Gasteiger partial charge in [0.15, 0.2) is 0 Å². The number of nitrogen functional groups attached to an aromatic ring is 1. The zero-order valence-corrected chi connectivity index (χ0v) is 11.4. The van der Waals surface area contributed by atoms with E-state index in [9.17, 15) is 4.79 Å². The summed E-state index contributed by atoms with van der Waals surface area (Å²) in [5, 5.41) is 0.545. The molecule has 0 aliphatic carbocycles. The fourth-order valence-corrected chi connectivity index (χ4v) is 2.56. The number of aryl methyl sites for hydroxylation is 1. The summed E-state index contributed by atoms with van der Waals surface area (Å²) in [5.41, 5.74) is 13.4. The Morgan fingerprint density at radius 2 is 2.17 bits per heavy atom. The molecule has 18 heavy (non-hydrogen) atoms. The third kappa shape index (κ3) is 2.12. The molecule has 0 saturated carbocycles. The molecule has 0 aromatic heterocycles. The number of benzene rings is 1. The average molecular weight is 268 g/mol. The normalized spacial score (nSPS) is 23.4. The highest BCUT2D eigenvalue weighted by atomic mass is 35.5. The van der Waals surface area contributed by atoms with E-state index in [0.29, 0.717) is 17.3 Å². The van der Waals surface area contributed by atoms with Gasteiger partial charge in [0.05, 0.1) is 16.1 Å². The predicted octanol–water partition coefficient (Wildman–Crippen LogP) is 1.93. The lowest BCUT2D eigenvalue weighted by Crippen LogP contribution is -2.37. The van der Waals surface area contributed by atoms with Crippen molar-refractivity contribution >= 4 is 28.9 Å². The maximum Gasteiger partial charge on any atom is 0.225 e. The first-order valence-electron chi connectivity index (χ1n) is 5.94. The lowest BCUT2D eigenvalue weighted by atomic mass is 9.89. The molecule has 4 nitrogen and oxygen atoms in total. The van der Waals surface area contributed by atoms with Crippen LogP contribution in [0.2, 0.25) is 5.02 Å². The molecule has 1 fully saturated rings. The van der Waals surface area contributed by atoms with Crippen LogP contribution in [-0.2, 0) is 4.79 Å². The van der Waals surface area contributed by atoms with E-state index < -0.39 is 5.41 Å². The number of hydrogen-bond donors (Lipinski definition) is 2. The van der Waals surface area contributed by atoms with Gasteiger partial charge in [-0.3, -0.25) is 4.79 Å². The van der Waals surface area contributed by atoms with Gasteiger partial charge >= 0.3 is 0 Å². The molecule has 1 unspecified atom stereocenters. The van der Waals surface area contributed by atoms with E-state index in [4.69, 9.17) is 23.1 Å². The van der Waals surface area contributed by atoms with Gasteiger partial charge in [-0.2, -0.15) is 0 Å². The van der Waals surface area contributed by atoms with Crippen LogP contribution in [0.4, 0.5) is 11.4 Å². The standard InChI is InChI=1S/C13H18ClN3O/c1-8-5-10(15)9(14)6-11(8)17-4-3-13(2,7-17)12(16)18/h5-6H,3-4,7,15H2,1-2H3,(H2,16,18). The van der Waals surface area contributed by atoms with Crippen LogP contribution in [0.15, 0.2) is 12.1 Å². The molecule has 5 heteroatoms. The van der Waals surface area contributed by atoms with Crippen molar-refractivity contribution in [2.24, 2.45) is 11.1 Å². The Morgan fingerprint density at radius 1 is 1.50 bits per heavy atom. The fourth-order valence-electron chi connectivity index (χ4n) is 2.40. The van der Waals surface area contributed by atoms with E-state index in [0.717, 1.165) is 24.2 Å². The molecule has 1 aromatic carbocycles. The average Bonchev–Trinajstić information content (AvgIpc) is 2.68. The number of primary amides is 1. The third-order valence-electron chi connectivity index (χ3n) is 3.72. The number of nitrogens with zero attached hydrogens (tertiary/aromatic N) is 1. The second-order valence-corrected chi connectivity index (χ2v) is 5.66. The SMILES string of the molecule is Cc1cc(N)c(Cl)cc1N1CCC(C)(C(N)=O)C1. The Hall–Kier alpha value is -1.42. The molecule has 1 heterocycles. The second-order valence-electron chi connectivity index (χ2n) is 5.26. The van der Waals surface area contributed by atoms with Gasteiger partial charge in [-0.15, -0.1) is 0 Å². The molecule has 0 spiro atoms. The van der Waals surface area contributed by atoms with Crippen molar-refractivity contribution in [3.8, 4) is 0 Å². The van der Waals surface area contributed by atoms with Crippen LogP contribution < -0.4 is 16.4 Å². The van der Waals surface area contributed by atoms with Gasteiger partial charge in [0.1, 0.15) is 0 Å². The minimum Gasteiger partial charge on any atom is -0.398 e. The van der Waals surface area contributed by atoms with Crippen molar-refractivity contribution in [2.75, 3.05) is 23.7 Å². The zero-order valence-electron chi connectivity index (χ0n) is 10.7. The van der Waals surface area contributed by atoms with E-state index in [1.54, 1.807) is 0 Å². The second kappa shape index (κ2) is 4.35. The first-order chi connectivity index (χ1) is 8.33. The Balaban J connectivity index is 2.30. The molecule has 2 rings (SSSR count). The Bertz CT molecular complexity index is 503. The maximum absolute atomic E-state index is 11.5. The topological polar surface area (TPSA) is 72.3 Å². The van der Waals surface area contributed by atoms with Gasteiger partial charge in [0, 0.05) is 18.8 Å². The molecular formula is C13H18ClN3O. The summed E-state index contributed by atoms with van der Waals surface area (Å²) in [6.45, 7) is 5.33. The highest BCUT2D eigenvalue weighted by Gasteiger charge is 2.39. The Kier molecular flexibility index (Phi) is 3.15. The fraction of sp³-hybridized carbons (Fsp3) is 0.462. The zero-order chi connectivity index (χ0) is 13.5. The van der Waals surface area contributed by atoms with Crippen LogP contribution in [0, 0.1) is 12.3 Å². The van der Waals surface area contributed by atoms with Crippen LogP contribution >= 0.6 is 11.6 Å². The van der Waals surface area contributed by atoms with Gasteiger partial charge in [0.2, 0.25) is 5.91 Å². The number of carbonyl (C=O) groups is 1. The van der Waals surface area contributed by atoms with Gasteiger partial charge in [0.25, 0.3) is 0 Å². The van der Waals surface area contributed by atoms with Crippen molar-refractivity contribution in [1.82, 2.24) is 0 Å². The summed E-state index contributed by atoms with van der Waals surface area (Å²) in [5.74, 6) is -0.246. The summed E-state index contributed by atoms with van der Waals surface area (Å²) in [6.07, 6.45) is 0.768. The molecule has 4 N–H and O–H groups in total. The molecule has 1 aliphatic heterocycles. The van der Waals surface area contributed by atoms with E-state index in [1.165, 1.54) is 0 Å². The lowest BCUT2D eigenvalue weighted by Gasteiger charge is -2.24. The molecular weight excluding hydrogens is 250 g/mol. The number of carbonyl (C=O) groups excluding carboxylic acids is 1. The highest BCUT2D eigenvalue weighted by molar-refractivity contribution is 6.33. The summed E-state index contributed by atoms with van der Waals surface area (Å²) >= 11 is 6.05. The summed E-state index contributed by atoms with van der Waals surface area (Å²) in [7, 11) is 0. The minimum atomic E-state index is -0.458. The summed E-state index contributed by atoms with van der Waals surface area (Å²) in [6, 6.07) is 3.72. The van der Waals surface area contributed by atoms with Crippen molar-refractivity contribution < 1.29 is 4.79 Å². The molecule has 1 aromatic rings. The number of rotatable bonds is 2. The third-order valence-corrected chi connectivity index (χ3v) is 4.05. The van der Waals surface area contributed by atoms with Crippen molar-refractivity contribution in [1.29, 1.82) is 0 Å². The molecule has 98 valence electrons. The van der Waals surface area contributed by atoms with E-state index in [1.807, 2.05) is 26.0 Å². The largest absolute Gasteiger partial charge is 0.398 e. The van der Waals surface area contributed by atoms with Gasteiger partial charge < -0.3 is 16.4 Å². The van der Waals surface area contributed by atoms with Crippen molar-refractivity contribution in [2.45, 2.75) is 20.3 Å². The van der Waals surface area contributed by atoms with E-state index >= 15 is 0 Å². The molecule has 1 amide bonds. The van der Waals surface area contributed by atoms with Gasteiger partial charge in [-0.05, 0) is 38.0 Å². The van der Waals surface area contributed by atoms with Crippen molar-refractivity contribution in [3.05, 3.63) is 22.7 Å². The molecule has 0 radical (unpaired) electrons. The summed E-state index contributed by atoms with van der Waals surface area (Å²) < 4.78 is 0. The number of amides is 1. The predicted molar refractivity (Wildman–Crippen MR) is 74.7 cm³/mol. The smallest absolute Gasteiger partial charge is 0.225 e. The maximum atomic E-state index is 11.5. The molecule has 0 bridgehead atoms. The van der Waals surface area contributed by atoms with Gasteiger partial charge in [-0.1, -0.05) is 11.6 Å². The summed E-state index contributed by atoms with van der Waals surface area (Å²) in [4.78, 5) is 13.6.